The van der Waals surface area contributed by atoms with E-state index in [1.807, 2.05) is 19.9 Å². The van der Waals surface area contributed by atoms with Gasteiger partial charge in [-0.25, -0.2) is 4.39 Å². The van der Waals surface area contributed by atoms with Crippen LogP contribution in [0.2, 0.25) is 0 Å². The molecule has 0 amide bonds. The number of guanidine groups is 1. The van der Waals surface area contributed by atoms with Gasteiger partial charge in [0.05, 0.1) is 18.8 Å². The number of benzene rings is 1. The van der Waals surface area contributed by atoms with Gasteiger partial charge in [0.25, 0.3) is 0 Å². The molecule has 1 aliphatic heterocycles. The van der Waals surface area contributed by atoms with Crippen molar-refractivity contribution in [1.29, 1.82) is 0 Å². The van der Waals surface area contributed by atoms with Crippen LogP contribution in [0.25, 0.3) is 0 Å². The van der Waals surface area contributed by atoms with Crippen LogP contribution in [0.4, 0.5) is 4.39 Å². The van der Waals surface area contributed by atoms with E-state index in [-0.39, 0.29) is 35.8 Å². The molecule has 31 heavy (non-hydrogen) atoms. The van der Waals surface area contributed by atoms with E-state index in [2.05, 4.69) is 15.6 Å². The maximum absolute atomic E-state index is 14.4. The fourth-order valence-electron chi connectivity index (χ4n) is 3.35. The lowest BCUT2D eigenvalue weighted by molar-refractivity contribution is -0.0318. The SMILES string of the molecule is CCNC(=NCCCOC1CCOCC1)NC(C)c1ccc(OCC2CC2)c(F)c1.I. The number of aliphatic imine (C=N–C) groups is 1. The van der Waals surface area contributed by atoms with Crippen LogP contribution in [0.3, 0.4) is 0 Å². The Balaban J connectivity index is 0.00000341. The Labute approximate surface area is 202 Å². The van der Waals surface area contributed by atoms with E-state index in [0.29, 0.717) is 37.5 Å². The van der Waals surface area contributed by atoms with Crippen molar-refractivity contribution in [2.24, 2.45) is 10.9 Å². The van der Waals surface area contributed by atoms with Gasteiger partial charge in [-0.05, 0) is 69.6 Å². The van der Waals surface area contributed by atoms with Gasteiger partial charge >= 0.3 is 0 Å². The Kier molecular flexibility index (Phi) is 11.9. The van der Waals surface area contributed by atoms with Crippen LogP contribution in [-0.4, -0.2) is 51.6 Å². The summed E-state index contributed by atoms with van der Waals surface area (Å²) in [7, 11) is 0. The lowest BCUT2D eigenvalue weighted by Gasteiger charge is -2.22. The lowest BCUT2D eigenvalue weighted by Crippen LogP contribution is -2.38. The number of hydrogen-bond donors (Lipinski definition) is 2. The third-order valence-electron chi connectivity index (χ3n) is 5.42. The highest BCUT2D eigenvalue weighted by atomic mass is 127. The van der Waals surface area contributed by atoms with Gasteiger partial charge in [-0.3, -0.25) is 4.99 Å². The van der Waals surface area contributed by atoms with E-state index in [1.165, 1.54) is 12.8 Å². The molecule has 1 aromatic rings. The summed E-state index contributed by atoms with van der Waals surface area (Å²) in [6.07, 6.45) is 5.52. The van der Waals surface area contributed by atoms with Crippen molar-refractivity contribution in [3.8, 4) is 5.75 Å². The fourth-order valence-corrected chi connectivity index (χ4v) is 3.35. The molecule has 0 bridgehead atoms. The highest BCUT2D eigenvalue weighted by Crippen LogP contribution is 2.30. The van der Waals surface area contributed by atoms with Crippen molar-refractivity contribution in [2.45, 2.75) is 58.1 Å². The topological polar surface area (TPSA) is 64.1 Å². The maximum atomic E-state index is 14.4. The van der Waals surface area contributed by atoms with Gasteiger partial charge in [-0.2, -0.15) is 0 Å². The molecule has 0 aromatic heterocycles. The molecular formula is C23H37FIN3O3. The highest BCUT2D eigenvalue weighted by Gasteiger charge is 2.22. The second-order valence-electron chi connectivity index (χ2n) is 8.11. The molecule has 2 N–H and O–H groups in total. The molecule has 8 heteroatoms. The van der Waals surface area contributed by atoms with Gasteiger partial charge in [-0.1, -0.05) is 6.07 Å². The van der Waals surface area contributed by atoms with E-state index in [4.69, 9.17) is 14.2 Å². The summed E-state index contributed by atoms with van der Waals surface area (Å²) in [6, 6.07) is 5.11. The maximum Gasteiger partial charge on any atom is 0.191 e. The molecule has 1 atom stereocenters. The number of rotatable bonds is 11. The van der Waals surface area contributed by atoms with E-state index >= 15 is 0 Å². The molecule has 1 heterocycles. The summed E-state index contributed by atoms with van der Waals surface area (Å²) >= 11 is 0. The third-order valence-corrected chi connectivity index (χ3v) is 5.42. The van der Waals surface area contributed by atoms with Crippen molar-refractivity contribution in [3.05, 3.63) is 29.6 Å². The Morgan fingerprint density at radius 2 is 2.03 bits per heavy atom. The van der Waals surface area contributed by atoms with Crippen molar-refractivity contribution in [1.82, 2.24) is 10.6 Å². The van der Waals surface area contributed by atoms with E-state index < -0.39 is 0 Å². The summed E-state index contributed by atoms with van der Waals surface area (Å²) in [5, 5.41) is 6.61. The van der Waals surface area contributed by atoms with E-state index in [9.17, 15) is 4.39 Å². The van der Waals surface area contributed by atoms with E-state index in [0.717, 1.165) is 50.5 Å². The number of nitrogens with zero attached hydrogens (tertiary/aromatic N) is 1. The minimum Gasteiger partial charge on any atom is -0.490 e. The zero-order chi connectivity index (χ0) is 21.2. The van der Waals surface area contributed by atoms with Gasteiger partial charge in [0.2, 0.25) is 0 Å². The van der Waals surface area contributed by atoms with Gasteiger partial charge in [-0.15, -0.1) is 24.0 Å². The quantitative estimate of drug-likeness (QED) is 0.185. The van der Waals surface area contributed by atoms with E-state index in [1.54, 1.807) is 12.1 Å². The average molecular weight is 549 g/mol. The summed E-state index contributed by atoms with van der Waals surface area (Å²) in [5.41, 5.74) is 0.861. The number of hydrogen-bond acceptors (Lipinski definition) is 4. The minimum atomic E-state index is -0.311. The Morgan fingerprint density at radius 1 is 1.26 bits per heavy atom. The zero-order valence-corrected chi connectivity index (χ0v) is 21.0. The lowest BCUT2D eigenvalue weighted by atomic mass is 10.1. The molecular weight excluding hydrogens is 512 g/mol. The number of ether oxygens (including phenoxy) is 3. The molecule has 1 aliphatic carbocycles. The van der Waals surface area contributed by atoms with Gasteiger partial charge in [0, 0.05) is 32.9 Å². The molecule has 6 nitrogen and oxygen atoms in total. The molecule has 2 aliphatic rings. The monoisotopic (exact) mass is 549 g/mol. The second kappa shape index (κ2) is 14.1. The fraction of sp³-hybridized carbons (Fsp3) is 0.696. The van der Waals surface area contributed by atoms with Crippen LogP contribution >= 0.6 is 24.0 Å². The summed E-state index contributed by atoms with van der Waals surface area (Å²) in [4.78, 5) is 4.63. The molecule has 1 aromatic carbocycles. The second-order valence-corrected chi connectivity index (χ2v) is 8.11. The Hall–Kier alpha value is -1.13. The van der Waals surface area contributed by atoms with Crippen molar-refractivity contribution < 1.29 is 18.6 Å². The first-order valence-electron chi connectivity index (χ1n) is 11.3. The van der Waals surface area contributed by atoms with Crippen LogP contribution in [0, 0.1) is 11.7 Å². The van der Waals surface area contributed by atoms with Crippen molar-refractivity contribution >= 4 is 29.9 Å². The standard InChI is InChI=1S/C23H36FN3O3.HI/c1-3-25-23(26-11-4-12-29-20-9-13-28-14-10-20)27-17(2)19-7-8-22(21(24)15-19)30-16-18-5-6-18;/h7-8,15,17-18,20H,3-6,9-14,16H2,1-2H3,(H2,25,26,27);1H. The molecule has 3 rings (SSSR count). The predicted octanol–water partition coefficient (Wildman–Crippen LogP) is 4.43. The van der Waals surface area contributed by atoms with Crippen LogP contribution < -0.4 is 15.4 Å². The summed E-state index contributed by atoms with van der Waals surface area (Å²) in [6.45, 7) is 8.37. The minimum absolute atomic E-state index is 0. The van der Waals surface area contributed by atoms with Crippen LogP contribution in [0.15, 0.2) is 23.2 Å². The number of halogens is 2. The molecule has 1 saturated carbocycles. The first kappa shape index (κ1) is 26.1. The first-order chi connectivity index (χ1) is 14.7. The number of nitrogens with one attached hydrogen (secondary N) is 2. The van der Waals surface area contributed by atoms with Crippen LogP contribution in [-0.2, 0) is 9.47 Å². The Bertz CT molecular complexity index is 682. The molecule has 0 spiro atoms. The van der Waals surface area contributed by atoms with Crippen LogP contribution in [0.1, 0.15) is 57.6 Å². The normalized spacial score (nSPS) is 18.2. The molecule has 2 fully saturated rings. The zero-order valence-electron chi connectivity index (χ0n) is 18.7. The van der Waals surface area contributed by atoms with Crippen molar-refractivity contribution in [3.63, 3.8) is 0 Å². The first-order valence-corrected chi connectivity index (χ1v) is 11.3. The summed E-state index contributed by atoms with van der Waals surface area (Å²) in [5.74, 6) is 1.35. The molecule has 0 radical (unpaired) electrons. The molecule has 176 valence electrons. The van der Waals surface area contributed by atoms with Crippen LogP contribution in [0.5, 0.6) is 5.75 Å². The summed E-state index contributed by atoms with van der Waals surface area (Å²) < 4.78 is 31.2. The van der Waals surface area contributed by atoms with Gasteiger partial charge in [0.1, 0.15) is 0 Å². The van der Waals surface area contributed by atoms with Gasteiger partial charge < -0.3 is 24.8 Å². The predicted molar refractivity (Wildman–Crippen MR) is 132 cm³/mol. The third kappa shape index (κ3) is 9.49. The highest BCUT2D eigenvalue weighted by molar-refractivity contribution is 14.0. The molecule has 1 unspecified atom stereocenters. The molecule has 1 saturated heterocycles. The van der Waals surface area contributed by atoms with Gasteiger partial charge in [0.15, 0.2) is 17.5 Å². The smallest absolute Gasteiger partial charge is 0.191 e. The largest absolute Gasteiger partial charge is 0.490 e. The average Bonchev–Trinajstić information content (AvgIpc) is 3.58. The van der Waals surface area contributed by atoms with Crippen molar-refractivity contribution in [2.75, 3.05) is 39.5 Å². The Morgan fingerprint density at radius 3 is 2.71 bits per heavy atom.